The molecule has 5 atom stereocenters. The molecule has 2 aliphatic carbocycles. The second kappa shape index (κ2) is 3.10. The molecule has 1 unspecified atom stereocenters. The second-order valence-corrected chi connectivity index (χ2v) is 5.65. The Kier molecular flexibility index (Phi) is 2.00. The van der Waals surface area contributed by atoms with Gasteiger partial charge in [0.2, 0.25) is 0 Å². The number of ether oxygens (including phenoxy) is 1. The molecule has 1 aliphatic heterocycles. The van der Waals surface area contributed by atoms with E-state index in [0.717, 1.165) is 18.4 Å². The van der Waals surface area contributed by atoms with Gasteiger partial charge in [0, 0.05) is 12.3 Å². The molecule has 0 aromatic carbocycles. The van der Waals surface area contributed by atoms with Gasteiger partial charge in [0.25, 0.3) is 0 Å². The predicted octanol–water partition coefficient (Wildman–Crippen LogP) is 1.66. The van der Waals surface area contributed by atoms with Gasteiger partial charge in [0.15, 0.2) is 0 Å². The van der Waals surface area contributed by atoms with Gasteiger partial charge >= 0.3 is 5.97 Å². The number of hydrogen-bond donors (Lipinski definition) is 1. The van der Waals surface area contributed by atoms with E-state index in [0.29, 0.717) is 18.8 Å². The molecule has 0 amide bonds. The zero-order valence-corrected chi connectivity index (χ0v) is 9.61. The second-order valence-electron chi connectivity index (χ2n) is 5.65. The number of hydrogen-bond acceptors (Lipinski definition) is 3. The van der Waals surface area contributed by atoms with Gasteiger partial charge in [-0.05, 0) is 25.2 Å². The molecule has 3 heteroatoms. The smallest absolute Gasteiger partial charge is 0.312 e. The van der Waals surface area contributed by atoms with Gasteiger partial charge in [-0.2, -0.15) is 0 Å². The minimum Gasteiger partial charge on any atom is -0.458 e. The standard InChI is InChI=1S/C13H18O3/c1-7-5-11(14)9-6-13(16-12(9)15)8(2)3-4-10(7)13/h8-11,14H,1,3-6H2,2H3/t8-,9+,10-,11?,13+/m1/s1. The van der Waals surface area contributed by atoms with E-state index in [1.54, 1.807) is 0 Å². The minimum atomic E-state index is -0.586. The van der Waals surface area contributed by atoms with Gasteiger partial charge in [-0.1, -0.05) is 19.1 Å². The Labute approximate surface area is 95.5 Å². The molecule has 3 rings (SSSR count). The molecule has 0 aromatic heterocycles. The molecule has 1 heterocycles. The molecule has 0 radical (unpaired) electrons. The normalized spacial score (nSPS) is 51.1. The van der Waals surface area contributed by atoms with Gasteiger partial charge in [0.1, 0.15) is 5.60 Å². The first-order valence-corrected chi connectivity index (χ1v) is 6.13. The van der Waals surface area contributed by atoms with Crippen molar-refractivity contribution in [1.82, 2.24) is 0 Å². The Morgan fingerprint density at radius 2 is 2.25 bits per heavy atom. The fourth-order valence-corrected chi connectivity index (χ4v) is 3.89. The lowest BCUT2D eigenvalue weighted by Crippen LogP contribution is -2.39. The van der Waals surface area contributed by atoms with Crippen LogP contribution >= 0.6 is 0 Å². The maximum absolute atomic E-state index is 11.8. The average Bonchev–Trinajstić information content (AvgIpc) is 2.67. The van der Waals surface area contributed by atoms with Gasteiger partial charge in [-0.15, -0.1) is 0 Å². The molecule has 0 aromatic rings. The van der Waals surface area contributed by atoms with E-state index >= 15 is 0 Å². The van der Waals surface area contributed by atoms with E-state index in [4.69, 9.17) is 4.74 Å². The number of carbonyl (C=O) groups excluding carboxylic acids is 1. The molecule has 3 nitrogen and oxygen atoms in total. The SMILES string of the molecule is C=C1CC(O)[C@@H]2C[C@]3(OC2=O)[C@H](C)CC[C@H]13. The van der Waals surface area contributed by atoms with Crippen LogP contribution < -0.4 is 0 Å². The summed E-state index contributed by atoms with van der Waals surface area (Å²) in [7, 11) is 0. The zero-order chi connectivity index (χ0) is 11.5. The molecule has 3 aliphatic rings. The summed E-state index contributed by atoms with van der Waals surface area (Å²) in [5.74, 6) is 0.156. The van der Waals surface area contributed by atoms with Crippen LogP contribution in [0.2, 0.25) is 0 Å². The van der Waals surface area contributed by atoms with Crippen molar-refractivity contribution in [1.29, 1.82) is 0 Å². The zero-order valence-electron chi connectivity index (χ0n) is 9.61. The van der Waals surface area contributed by atoms with Crippen molar-refractivity contribution in [2.75, 3.05) is 0 Å². The number of esters is 1. The molecule has 88 valence electrons. The maximum atomic E-state index is 11.8. The van der Waals surface area contributed by atoms with Crippen LogP contribution in [0, 0.1) is 17.8 Å². The monoisotopic (exact) mass is 222 g/mol. The molecular formula is C13H18O3. The van der Waals surface area contributed by atoms with Gasteiger partial charge in [0.05, 0.1) is 12.0 Å². The number of fused-ring (bicyclic) bond motifs is 1. The lowest BCUT2D eigenvalue weighted by molar-refractivity contribution is -0.158. The molecule has 3 fully saturated rings. The highest BCUT2D eigenvalue weighted by Gasteiger charge is 2.61. The Bertz CT molecular complexity index is 362. The van der Waals surface area contributed by atoms with Crippen LogP contribution in [0.5, 0.6) is 0 Å². The van der Waals surface area contributed by atoms with Crippen LogP contribution in [-0.2, 0) is 9.53 Å². The Balaban J connectivity index is 2.06. The Morgan fingerprint density at radius 1 is 1.50 bits per heavy atom. The van der Waals surface area contributed by atoms with Crippen molar-refractivity contribution in [3.63, 3.8) is 0 Å². The average molecular weight is 222 g/mol. The van der Waals surface area contributed by atoms with E-state index in [1.165, 1.54) is 0 Å². The molecular weight excluding hydrogens is 204 g/mol. The van der Waals surface area contributed by atoms with Crippen LogP contribution in [0.15, 0.2) is 12.2 Å². The first-order valence-electron chi connectivity index (χ1n) is 6.13. The minimum absolute atomic E-state index is 0.196. The first kappa shape index (κ1) is 10.3. The summed E-state index contributed by atoms with van der Waals surface area (Å²) in [6, 6.07) is 0. The highest BCUT2D eigenvalue weighted by molar-refractivity contribution is 5.77. The lowest BCUT2D eigenvalue weighted by atomic mass is 9.79. The summed E-state index contributed by atoms with van der Waals surface area (Å²) in [6.45, 7) is 6.24. The van der Waals surface area contributed by atoms with E-state index < -0.39 is 6.10 Å². The third-order valence-electron chi connectivity index (χ3n) is 4.87. The highest BCUT2D eigenvalue weighted by atomic mass is 16.6. The first-order chi connectivity index (χ1) is 7.54. The maximum Gasteiger partial charge on any atom is 0.312 e. The van der Waals surface area contributed by atoms with Crippen LogP contribution in [0.1, 0.15) is 32.6 Å². The van der Waals surface area contributed by atoms with Crippen LogP contribution in [0.3, 0.4) is 0 Å². The lowest BCUT2D eigenvalue weighted by Gasteiger charge is -2.34. The third kappa shape index (κ3) is 1.10. The highest BCUT2D eigenvalue weighted by Crippen LogP contribution is 2.56. The van der Waals surface area contributed by atoms with Crippen LogP contribution in [0.4, 0.5) is 0 Å². The summed E-state index contributed by atoms with van der Waals surface area (Å²) < 4.78 is 5.67. The van der Waals surface area contributed by atoms with Crippen molar-refractivity contribution in [3.8, 4) is 0 Å². The number of aliphatic hydroxyl groups is 1. The predicted molar refractivity (Wildman–Crippen MR) is 58.6 cm³/mol. The van der Waals surface area contributed by atoms with Crippen molar-refractivity contribution in [3.05, 3.63) is 12.2 Å². The largest absolute Gasteiger partial charge is 0.458 e. The summed E-state index contributed by atoms with van der Waals surface area (Å²) in [5, 5.41) is 9.99. The van der Waals surface area contributed by atoms with Crippen molar-refractivity contribution >= 4 is 5.97 Å². The van der Waals surface area contributed by atoms with Gasteiger partial charge < -0.3 is 9.84 Å². The van der Waals surface area contributed by atoms with Gasteiger partial charge in [-0.25, -0.2) is 0 Å². The van der Waals surface area contributed by atoms with Crippen molar-refractivity contribution in [2.24, 2.45) is 17.8 Å². The molecule has 1 N–H and O–H groups in total. The van der Waals surface area contributed by atoms with Crippen molar-refractivity contribution < 1.29 is 14.6 Å². The Hall–Kier alpha value is -0.830. The summed E-state index contributed by atoms with van der Waals surface area (Å²) in [5.41, 5.74) is 0.739. The fraction of sp³-hybridized carbons (Fsp3) is 0.769. The van der Waals surface area contributed by atoms with Crippen LogP contribution in [0.25, 0.3) is 0 Å². The third-order valence-corrected chi connectivity index (χ3v) is 4.87. The fourth-order valence-electron chi connectivity index (χ4n) is 3.89. The number of rotatable bonds is 0. The molecule has 2 saturated carbocycles. The molecule has 2 bridgehead atoms. The summed E-state index contributed by atoms with van der Waals surface area (Å²) in [6.07, 6.45) is 2.82. The molecule has 1 spiro atoms. The number of aliphatic hydroxyl groups excluding tert-OH is 1. The number of carbonyl (C=O) groups is 1. The Morgan fingerprint density at radius 3 is 3.00 bits per heavy atom. The van der Waals surface area contributed by atoms with Crippen molar-refractivity contribution in [2.45, 2.75) is 44.3 Å². The molecule has 1 saturated heterocycles. The molecule has 16 heavy (non-hydrogen) atoms. The van der Waals surface area contributed by atoms with E-state index in [9.17, 15) is 9.90 Å². The van der Waals surface area contributed by atoms with E-state index in [-0.39, 0.29) is 23.4 Å². The quantitative estimate of drug-likeness (QED) is 0.501. The van der Waals surface area contributed by atoms with E-state index in [1.807, 2.05) is 0 Å². The summed E-state index contributed by atoms with van der Waals surface area (Å²) >= 11 is 0. The van der Waals surface area contributed by atoms with Gasteiger partial charge in [-0.3, -0.25) is 4.79 Å². The van der Waals surface area contributed by atoms with Crippen LogP contribution in [-0.4, -0.2) is 22.8 Å². The summed E-state index contributed by atoms with van der Waals surface area (Å²) in [4.78, 5) is 11.8. The topological polar surface area (TPSA) is 46.5 Å². The van der Waals surface area contributed by atoms with E-state index in [2.05, 4.69) is 13.5 Å².